The van der Waals surface area contributed by atoms with Gasteiger partial charge in [-0.3, -0.25) is 5.32 Å². The van der Waals surface area contributed by atoms with E-state index in [9.17, 15) is 9.18 Å². The summed E-state index contributed by atoms with van der Waals surface area (Å²) in [5, 5.41) is 2.61. The molecule has 0 bridgehead atoms. The second-order valence-electron chi connectivity index (χ2n) is 5.58. The maximum Gasteiger partial charge on any atom is 0.411 e. The average molecular weight is 324 g/mol. The third-order valence-corrected chi connectivity index (χ3v) is 4.15. The van der Waals surface area contributed by atoms with Crippen LogP contribution in [-0.2, 0) is 14.2 Å². The highest BCUT2D eigenvalue weighted by molar-refractivity contribution is 5.89. The number of hydrogen-bond acceptors (Lipinski definition) is 5. The Hall–Kier alpha value is -1.86. The lowest BCUT2D eigenvalue weighted by molar-refractivity contribution is -0.169. The van der Waals surface area contributed by atoms with E-state index in [0.29, 0.717) is 50.5 Å². The topological polar surface area (TPSA) is 60.0 Å². The van der Waals surface area contributed by atoms with Gasteiger partial charge in [-0.1, -0.05) is 6.07 Å². The van der Waals surface area contributed by atoms with E-state index in [1.165, 1.54) is 6.07 Å². The van der Waals surface area contributed by atoms with Gasteiger partial charge < -0.3 is 19.1 Å². The first-order valence-corrected chi connectivity index (χ1v) is 7.89. The summed E-state index contributed by atoms with van der Waals surface area (Å²) in [5.41, 5.74) is 0.793. The van der Waals surface area contributed by atoms with Crippen LogP contribution in [0.5, 0.6) is 0 Å². The van der Waals surface area contributed by atoms with Gasteiger partial charge in [0.2, 0.25) is 0 Å². The number of amides is 1. The summed E-state index contributed by atoms with van der Waals surface area (Å²) in [6.07, 6.45) is 0.746. The second kappa shape index (κ2) is 6.72. The Labute approximate surface area is 134 Å². The number of piperidine rings is 1. The maximum atomic E-state index is 14.3. The molecule has 3 rings (SSSR count). The van der Waals surface area contributed by atoms with Gasteiger partial charge in [-0.15, -0.1) is 0 Å². The van der Waals surface area contributed by atoms with Crippen LogP contribution in [0.3, 0.4) is 0 Å². The zero-order chi connectivity index (χ0) is 16.3. The summed E-state index contributed by atoms with van der Waals surface area (Å²) < 4.78 is 30.6. The van der Waals surface area contributed by atoms with Gasteiger partial charge in [-0.2, -0.15) is 0 Å². The summed E-state index contributed by atoms with van der Waals surface area (Å²) >= 11 is 0. The van der Waals surface area contributed by atoms with Gasteiger partial charge in [0, 0.05) is 25.9 Å². The molecule has 1 spiro atoms. The first-order valence-electron chi connectivity index (χ1n) is 7.89. The van der Waals surface area contributed by atoms with Crippen LogP contribution < -0.4 is 10.2 Å². The zero-order valence-corrected chi connectivity index (χ0v) is 13.1. The Morgan fingerprint density at radius 3 is 2.70 bits per heavy atom. The maximum absolute atomic E-state index is 14.3. The highest BCUT2D eigenvalue weighted by Gasteiger charge is 2.40. The smallest absolute Gasteiger partial charge is 0.411 e. The van der Waals surface area contributed by atoms with E-state index in [2.05, 4.69) is 5.32 Å². The molecule has 1 N–H and O–H groups in total. The van der Waals surface area contributed by atoms with Gasteiger partial charge in [0.05, 0.1) is 31.2 Å². The van der Waals surface area contributed by atoms with Gasteiger partial charge in [0.15, 0.2) is 5.79 Å². The molecule has 0 saturated carbocycles. The first kappa shape index (κ1) is 16.0. The molecule has 126 valence electrons. The van der Waals surface area contributed by atoms with Gasteiger partial charge in [-0.25, -0.2) is 9.18 Å². The van der Waals surface area contributed by atoms with Crippen molar-refractivity contribution in [1.82, 2.24) is 0 Å². The van der Waals surface area contributed by atoms with Crippen LogP contribution in [0.4, 0.5) is 20.6 Å². The highest BCUT2D eigenvalue weighted by Crippen LogP contribution is 2.37. The van der Waals surface area contributed by atoms with Crippen LogP contribution in [0.25, 0.3) is 0 Å². The fourth-order valence-electron chi connectivity index (χ4n) is 3.07. The second-order valence-corrected chi connectivity index (χ2v) is 5.58. The minimum absolute atomic E-state index is 0.261. The molecule has 0 aromatic heterocycles. The molecule has 0 unspecified atom stereocenters. The van der Waals surface area contributed by atoms with Crippen LogP contribution in [-0.4, -0.2) is 44.8 Å². The lowest BCUT2D eigenvalue weighted by Gasteiger charge is -2.39. The summed E-state index contributed by atoms with van der Waals surface area (Å²) in [7, 11) is 0. The molecule has 2 saturated heterocycles. The number of benzene rings is 1. The van der Waals surface area contributed by atoms with Crippen molar-refractivity contribution in [2.75, 3.05) is 43.1 Å². The number of nitrogens with zero attached hydrogens (tertiary/aromatic N) is 1. The van der Waals surface area contributed by atoms with Crippen molar-refractivity contribution in [1.29, 1.82) is 0 Å². The van der Waals surface area contributed by atoms with E-state index in [-0.39, 0.29) is 12.4 Å². The van der Waals surface area contributed by atoms with Crippen LogP contribution >= 0.6 is 0 Å². The van der Waals surface area contributed by atoms with Crippen LogP contribution in [0.2, 0.25) is 0 Å². The number of para-hydroxylation sites is 1. The van der Waals surface area contributed by atoms with E-state index < -0.39 is 11.9 Å². The van der Waals surface area contributed by atoms with Crippen LogP contribution in [0.1, 0.15) is 19.8 Å². The summed E-state index contributed by atoms with van der Waals surface area (Å²) in [6, 6.07) is 4.62. The third-order valence-electron chi connectivity index (χ3n) is 4.15. The molecule has 2 aliphatic rings. The summed E-state index contributed by atoms with van der Waals surface area (Å²) in [6.45, 7) is 4.39. The van der Waals surface area contributed by atoms with Gasteiger partial charge in [-0.05, 0) is 19.1 Å². The standard InChI is InChI=1S/C16H21FN2O4/c1-2-21-15(20)18-13-5-3-4-12(17)14(13)19-8-6-16(7-9-19)22-10-11-23-16/h3-5H,2,6-11H2,1H3,(H,18,20). The number of rotatable bonds is 3. The molecule has 1 aromatic rings. The van der Waals surface area contributed by atoms with Crippen molar-refractivity contribution in [2.45, 2.75) is 25.6 Å². The molecular formula is C16H21FN2O4. The summed E-state index contributed by atoms with van der Waals surface area (Å²) in [4.78, 5) is 13.6. The molecular weight excluding hydrogens is 303 g/mol. The Morgan fingerprint density at radius 2 is 2.04 bits per heavy atom. The number of anilines is 2. The monoisotopic (exact) mass is 324 g/mol. The number of carbonyl (C=O) groups is 1. The van der Waals surface area contributed by atoms with E-state index in [0.717, 1.165) is 0 Å². The Bertz CT molecular complexity index is 565. The fraction of sp³-hybridized carbons (Fsp3) is 0.562. The molecule has 0 radical (unpaired) electrons. The minimum Gasteiger partial charge on any atom is -0.450 e. The van der Waals surface area contributed by atoms with E-state index in [1.54, 1.807) is 19.1 Å². The largest absolute Gasteiger partial charge is 0.450 e. The minimum atomic E-state index is -0.588. The average Bonchev–Trinajstić information content (AvgIpc) is 2.97. The van der Waals surface area contributed by atoms with Gasteiger partial charge in [0.25, 0.3) is 0 Å². The highest BCUT2D eigenvalue weighted by atomic mass is 19.1. The Kier molecular flexibility index (Phi) is 4.68. The molecule has 1 aromatic carbocycles. The predicted octanol–water partition coefficient (Wildman–Crippen LogP) is 2.74. The molecule has 2 aliphatic heterocycles. The van der Waals surface area contributed by atoms with Crippen LogP contribution in [0, 0.1) is 5.82 Å². The number of halogens is 1. The third kappa shape index (κ3) is 3.40. The van der Waals surface area contributed by atoms with Crippen molar-refractivity contribution >= 4 is 17.5 Å². The summed E-state index contributed by atoms with van der Waals surface area (Å²) in [5.74, 6) is -0.889. The Balaban J connectivity index is 1.75. The fourth-order valence-corrected chi connectivity index (χ4v) is 3.07. The molecule has 0 aliphatic carbocycles. The van der Waals surface area contributed by atoms with Crippen molar-refractivity contribution < 1.29 is 23.4 Å². The zero-order valence-electron chi connectivity index (χ0n) is 13.1. The van der Waals surface area contributed by atoms with Gasteiger partial charge in [0.1, 0.15) is 5.82 Å². The SMILES string of the molecule is CCOC(=O)Nc1cccc(F)c1N1CCC2(CC1)OCCO2. The normalized spacial score (nSPS) is 19.8. The van der Waals surface area contributed by atoms with E-state index in [1.807, 2.05) is 4.90 Å². The van der Waals surface area contributed by atoms with Crippen molar-refractivity contribution in [3.05, 3.63) is 24.0 Å². The van der Waals surface area contributed by atoms with E-state index >= 15 is 0 Å². The number of hydrogen-bond donors (Lipinski definition) is 1. The molecule has 2 heterocycles. The van der Waals surface area contributed by atoms with Gasteiger partial charge >= 0.3 is 6.09 Å². The molecule has 7 heteroatoms. The number of carbonyl (C=O) groups excluding carboxylic acids is 1. The van der Waals surface area contributed by atoms with Crippen molar-refractivity contribution in [3.8, 4) is 0 Å². The predicted molar refractivity (Wildman–Crippen MR) is 83.1 cm³/mol. The molecule has 23 heavy (non-hydrogen) atoms. The molecule has 0 atom stereocenters. The molecule has 6 nitrogen and oxygen atoms in total. The Morgan fingerprint density at radius 1 is 1.35 bits per heavy atom. The van der Waals surface area contributed by atoms with E-state index in [4.69, 9.17) is 14.2 Å². The number of ether oxygens (including phenoxy) is 3. The lowest BCUT2D eigenvalue weighted by Crippen LogP contribution is -2.45. The number of nitrogens with one attached hydrogen (secondary N) is 1. The first-order chi connectivity index (χ1) is 11.1. The van der Waals surface area contributed by atoms with Crippen molar-refractivity contribution in [3.63, 3.8) is 0 Å². The van der Waals surface area contributed by atoms with Crippen LogP contribution in [0.15, 0.2) is 18.2 Å². The molecule has 2 fully saturated rings. The quantitative estimate of drug-likeness (QED) is 0.926. The molecule has 1 amide bonds. The lowest BCUT2D eigenvalue weighted by atomic mass is 10.0. The van der Waals surface area contributed by atoms with Crippen molar-refractivity contribution in [2.24, 2.45) is 0 Å².